The van der Waals surface area contributed by atoms with Gasteiger partial charge in [-0.3, -0.25) is 0 Å². The summed E-state index contributed by atoms with van der Waals surface area (Å²) in [5.74, 6) is 2.32. The summed E-state index contributed by atoms with van der Waals surface area (Å²) < 4.78 is 28.0. The second-order valence-electron chi connectivity index (χ2n) is 19.1. The molecule has 1 N–H and O–H groups in total. The molecule has 2 saturated heterocycles. The van der Waals surface area contributed by atoms with E-state index in [1.807, 2.05) is 6.92 Å². The Labute approximate surface area is 288 Å². The minimum absolute atomic E-state index is 0.00467. The van der Waals surface area contributed by atoms with E-state index < -0.39 is 14.4 Å². The quantitative estimate of drug-likeness (QED) is 0.150. The van der Waals surface area contributed by atoms with Gasteiger partial charge < -0.3 is 23.7 Å². The van der Waals surface area contributed by atoms with E-state index in [2.05, 4.69) is 62.0 Å². The van der Waals surface area contributed by atoms with E-state index in [0.29, 0.717) is 40.6 Å². The van der Waals surface area contributed by atoms with Gasteiger partial charge in [0.05, 0.1) is 24.4 Å². The van der Waals surface area contributed by atoms with Crippen molar-refractivity contribution in [2.24, 2.45) is 50.7 Å². The molecule has 0 amide bonds. The first-order valence-corrected chi connectivity index (χ1v) is 22.7. The van der Waals surface area contributed by atoms with Crippen LogP contribution in [0.5, 0.6) is 0 Å². The van der Waals surface area contributed by atoms with E-state index in [-0.39, 0.29) is 40.8 Å². The van der Waals surface area contributed by atoms with Crippen LogP contribution in [0.3, 0.4) is 0 Å². The molecule has 1 unspecified atom stereocenters. The van der Waals surface area contributed by atoms with E-state index in [0.717, 1.165) is 43.2 Å². The summed E-state index contributed by atoms with van der Waals surface area (Å²) in [6, 6.07) is 3.49. The van der Waals surface area contributed by atoms with Crippen LogP contribution in [0.25, 0.3) is 0 Å². The Morgan fingerprint density at radius 3 is 2.26 bits per heavy atom. The minimum Gasteiger partial charge on any atom is -0.411 e. The van der Waals surface area contributed by atoms with Gasteiger partial charge in [-0.15, -0.1) is 0 Å². The fourth-order valence-corrected chi connectivity index (χ4v) is 17.4. The molecule has 0 aromatic heterocycles. The normalized spacial score (nSPS) is 50.7. The van der Waals surface area contributed by atoms with Crippen molar-refractivity contribution in [2.45, 2.75) is 188 Å². The molecule has 5 saturated carbocycles. The molecule has 0 radical (unpaired) electrons. The Hall–Kier alpha value is -0.243. The molecule has 0 bridgehead atoms. The minimum atomic E-state index is -1.95. The lowest BCUT2D eigenvalue weighted by molar-refractivity contribution is -0.242. The highest BCUT2D eigenvalue weighted by Crippen LogP contribution is 2.89. The molecule has 5 aliphatic carbocycles. The van der Waals surface area contributed by atoms with Crippen molar-refractivity contribution in [1.82, 2.24) is 0 Å². The SMILES string of the molecule is C=C(C)[C@@H](O)[C@H]1C[C@@H](C)[C@H]2[C@H](O1)[C@H](O[Si](CC)(CC)CC)[C@@]1(C)[C@@H]3CC[C@H]4C(C)(C)[C@@H](O[C@H]5CCCCO5)CC[C@@]45CC35CC[C@]21C. The molecule has 7 rings (SSSR count). The summed E-state index contributed by atoms with van der Waals surface area (Å²) >= 11 is 0. The average Bonchev–Trinajstić information content (AvgIpc) is 3.68. The Bertz CT molecular complexity index is 1190. The Kier molecular flexibility index (Phi) is 8.91. The van der Waals surface area contributed by atoms with Gasteiger partial charge in [0.15, 0.2) is 14.6 Å². The van der Waals surface area contributed by atoms with Gasteiger partial charge in [0, 0.05) is 12.0 Å². The summed E-state index contributed by atoms with van der Waals surface area (Å²) in [4.78, 5) is 0. The maximum Gasteiger partial charge on any atom is 0.192 e. The van der Waals surface area contributed by atoms with E-state index >= 15 is 0 Å². The molecule has 47 heavy (non-hydrogen) atoms. The molecule has 2 aliphatic heterocycles. The molecule has 0 aromatic rings. The molecule has 0 aromatic carbocycles. The molecule has 2 spiro atoms. The number of rotatable bonds is 9. The summed E-state index contributed by atoms with van der Waals surface area (Å²) in [5, 5.41) is 11.3. The van der Waals surface area contributed by atoms with Crippen LogP contribution in [0.2, 0.25) is 18.1 Å². The summed E-state index contributed by atoms with van der Waals surface area (Å²) in [5.41, 5.74) is 2.05. The van der Waals surface area contributed by atoms with Gasteiger partial charge >= 0.3 is 0 Å². The monoisotopic (exact) mass is 670 g/mol. The standard InChI is InChI=1S/C41H70O5Si/c1-11-47(12-2,13-3)46-36-35-33(27(6)24-28(44-35)34(42)26(4)5)38(9)21-22-41-25-40(41)20-19-31(45-32-16-14-15-23-43-32)37(7,8)29(40)17-18-30(41)39(36,38)10/h27-36,42H,4,11-25H2,1-3,5-10H3/t27-,28-,29+,30+,31+,32+,33+,34-,35+,36+,38-,39-,40-,41?/m1/s1. The lowest BCUT2D eigenvalue weighted by atomic mass is 9.41. The van der Waals surface area contributed by atoms with Crippen LogP contribution in [0.1, 0.15) is 133 Å². The van der Waals surface area contributed by atoms with Crippen LogP contribution in [0.15, 0.2) is 12.2 Å². The topological polar surface area (TPSA) is 57.2 Å². The summed E-state index contributed by atoms with van der Waals surface area (Å²) in [6.07, 6.45) is 13.2. The van der Waals surface area contributed by atoms with E-state index in [9.17, 15) is 5.11 Å². The fraction of sp³-hybridized carbons (Fsp3) is 0.951. The predicted molar refractivity (Wildman–Crippen MR) is 191 cm³/mol. The predicted octanol–water partition coefficient (Wildman–Crippen LogP) is 9.68. The number of hydrogen-bond acceptors (Lipinski definition) is 5. The van der Waals surface area contributed by atoms with Crippen molar-refractivity contribution in [3.63, 3.8) is 0 Å². The molecular weight excluding hydrogens is 601 g/mol. The number of aliphatic hydroxyl groups is 1. The van der Waals surface area contributed by atoms with Gasteiger partial charge in [0.25, 0.3) is 0 Å². The summed E-state index contributed by atoms with van der Waals surface area (Å²) in [7, 11) is -1.95. The first kappa shape index (κ1) is 35.2. The third-order valence-electron chi connectivity index (χ3n) is 17.4. The van der Waals surface area contributed by atoms with Gasteiger partial charge in [0.2, 0.25) is 0 Å². The molecule has 5 nitrogen and oxygen atoms in total. The zero-order chi connectivity index (χ0) is 33.8. The molecule has 2 heterocycles. The van der Waals surface area contributed by atoms with Crippen LogP contribution < -0.4 is 0 Å². The highest BCUT2D eigenvalue weighted by atomic mass is 28.4. The van der Waals surface area contributed by atoms with Crippen molar-refractivity contribution < 1.29 is 23.7 Å². The van der Waals surface area contributed by atoms with E-state index in [1.54, 1.807) is 0 Å². The van der Waals surface area contributed by atoms with Gasteiger partial charge in [0.1, 0.15) is 6.10 Å². The van der Waals surface area contributed by atoms with Crippen molar-refractivity contribution in [3.05, 3.63) is 12.2 Å². The van der Waals surface area contributed by atoms with Gasteiger partial charge in [-0.25, -0.2) is 0 Å². The average molecular weight is 671 g/mol. The Morgan fingerprint density at radius 1 is 0.936 bits per heavy atom. The van der Waals surface area contributed by atoms with Crippen molar-refractivity contribution >= 4 is 8.32 Å². The van der Waals surface area contributed by atoms with E-state index in [1.165, 1.54) is 57.8 Å². The van der Waals surface area contributed by atoms with Crippen LogP contribution in [-0.2, 0) is 18.6 Å². The third kappa shape index (κ3) is 4.75. The van der Waals surface area contributed by atoms with Crippen LogP contribution in [-0.4, -0.2) is 56.8 Å². The fourth-order valence-electron chi connectivity index (χ4n) is 14.5. The molecule has 268 valence electrons. The van der Waals surface area contributed by atoms with Crippen LogP contribution in [0, 0.1) is 50.7 Å². The maximum absolute atomic E-state index is 11.3. The Morgan fingerprint density at radius 2 is 1.62 bits per heavy atom. The molecule has 6 heteroatoms. The molecule has 7 fully saturated rings. The zero-order valence-corrected chi connectivity index (χ0v) is 32.7. The summed E-state index contributed by atoms with van der Waals surface area (Å²) in [6.45, 7) is 27.0. The van der Waals surface area contributed by atoms with Gasteiger partial charge in [-0.2, -0.15) is 0 Å². The highest BCUT2D eigenvalue weighted by Gasteiger charge is 2.85. The molecule has 14 atom stereocenters. The number of aliphatic hydroxyl groups excluding tert-OH is 1. The lowest BCUT2D eigenvalue weighted by Gasteiger charge is -2.64. The molecule has 7 aliphatic rings. The number of ether oxygens (including phenoxy) is 3. The first-order valence-electron chi connectivity index (χ1n) is 20.1. The zero-order valence-electron chi connectivity index (χ0n) is 31.7. The first-order chi connectivity index (χ1) is 22.2. The second kappa shape index (κ2) is 11.9. The van der Waals surface area contributed by atoms with Gasteiger partial charge in [-0.05, 0) is 147 Å². The molecular formula is C41H70O5Si. The maximum atomic E-state index is 11.3. The smallest absolute Gasteiger partial charge is 0.192 e. The second-order valence-corrected chi connectivity index (χ2v) is 23.8. The van der Waals surface area contributed by atoms with Crippen molar-refractivity contribution in [1.29, 1.82) is 0 Å². The van der Waals surface area contributed by atoms with Gasteiger partial charge in [-0.1, -0.05) is 62.0 Å². The van der Waals surface area contributed by atoms with Crippen LogP contribution in [0.4, 0.5) is 0 Å². The van der Waals surface area contributed by atoms with Crippen LogP contribution >= 0.6 is 0 Å². The van der Waals surface area contributed by atoms with E-state index in [4.69, 9.17) is 18.6 Å². The highest BCUT2D eigenvalue weighted by molar-refractivity contribution is 6.73. The largest absolute Gasteiger partial charge is 0.411 e. The Balaban J connectivity index is 1.25. The third-order valence-corrected chi connectivity index (χ3v) is 22.0. The van der Waals surface area contributed by atoms with Crippen molar-refractivity contribution in [2.75, 3.05) is 6.61 Å². The number of fused-ring (bicyclic) bond motifs is 4. The lowest BCUT2D eigenvalue weighted by Crippen LogP contribution is -2.61. The number of hydrogen-bond donors (Lipinski definition) is 1. The van der Waals surface area contributed by atoms with Crippen molar-refractivity contribution in [3.8, 4) is 0 Å².